The van der Waals surface area contributed by atoms with E-state index in [-0.39, 0.29) is 17.3 Å². The smallest absolute Gasteiger partial charge is 0.271 e. The van der Waals surface area contributed by atoms with Crippen molar-refractivity contribution in [1.82, 2.24) is 9.55 Å². The predicted octanol–water partition coefficient (Wildman–Crippen LogP) is 4.81. The number of para-hydroxylation sites is 2. The second-order valence-corrected chi connectivity index (χ2v) is 7.62. The summed E-state index contributed by atoms with van der Waals surface area (Å²) in [6.07, 6.45) is 0. The van der Waals surface area contributed by atoms with Crippen molar-refractivity contribution < 1.29 is 18.8 Å². The van der Waals surface area contributed by atoms with Gasteiger partial charge >= 0.3 is 0 Å². The molecule has 0 unspecified atom stereocenters. The lowest BCUT2D eigenvalue weighted by atomic mass is 10.2. The predicted molar refractivity (Wildman–Crippen MR) is 120 cm³/mol. The molecule has 0 aliphatic heterocycles. The summed E-state index contributed by atoms with van der Waals surface area (Å²) in [6.45, 7) is 0. The Balaban J connectivity index is 1.69. The van der Waals surface area contributed by atoms with Gasteiger partial charge in [0.25, 0.3) is 5.69 Å². The first-order valence-corrected chi connectivity index (χ1v) is 10.4. The molecule has 32 heavy (non-hydrogen) atoms. The van der Waals surface area contributed by atoms with E-state index in [9.17, 15) is 19.3 Å². The topological polar surface area (TPSA) is 99.3 Å². The molecule has 8 nitrogen and oxygen atoms in total. The van der Waals surface area contributed by atoms with Crippen LogP contribution in [-0.4, -0.2) is 33.2 Å². The maximum absolute atomic E-state index is 13.4. The van der Waals surface area contributed by atoms with Crippen LogP contribution in [0.2, 0.25) is 0 Å². The normalized spacial score (nSPS) is 10.8. The molecule has 0 fully saturated rings. The summed E-state index contributed by atoms with van der Waals surface area (Å²) in [4.78, 5) is 27.6. The van der Waals surface area contributed by atoms with Crippen LogP contribution in [-0.2, 0) is 4.79 Å². The number of hydrogen-bond donors (Lipinski definition) is 1. The van der Waals surface area contributed by atoms with Crippen LogP contribution in [0, 0.1) is 15.9 Å². The second kappa shape index (κ2) is 9.06. The monoisotopic (exact) mass is 452 g/mol. The van der Waals surface area contributed by atoms with Gasteiger partial charge in [-0.05, 0) is 36.4 Å². The number of thioether (sulfide) groups is 1. The van der Waals surface area contributed by atoms with Gasteiger partial charge in [-0.15, -0.1) is 0 Å². The first kappa shape index (κ1) is 21.3. The van der Waals surface area contributed by atoms with Crippen molar-refractivity contribution in [1.29, 1.82) is 0 Å². The highest BCUT2D eigenvalue weighted by Crippen LogP contribution is 2.33. The zero-order valence-electron chi connectivity index (χ0n) is 16.8. The number of anilines is 1. The van der Waals surface area contributed by atoms with Crippen molar-refractivity contribution in [3.63, 3.8) is 0 Å². The molecule has 4 rings (SSSR count). The van der Waals surface area contributed by atoms with E-state index in [1.54, 1.807) is 29.9 Å². The maximum Gasteiger partial charge on any atom is 0.271 e. The van der Waals surface area contributed by atoms with Crippen LogP contribution >= 0.6 is 11.8 Å². The number of rotatable bonds is 7. The molecule has 0 aliphatic carbocycles. The fraction of sp³-hybridized carbons (Fsp3) is 0.0909. The van der Waals surface area contributed by atoms with Gasteiger partial charge in [0.05, 0.1) is 34.5 Å². The Morgan fingerprint density at radius 1 is 1.19 bits per heavy atom. The number of nitrogens with zero attached hydrogens (tertiary/aromatic N) is 3. The molecule has 10 heteroatoms. The molecule has 0 radical (unpaired) electrons. The average Bonchev–Trinajstić information content (AvgIpc) is 3.15. The fourth-order valence-electron chi connectivity index (χ4n) is 3.20. The lowest BCUT2D eigenvalue weighted by Gasteiger charge is -2.13. The highest BCUT2D eigenvalue weighted by Gasteiger charge is 2.19. The van der Waals surface area contributed by atoms with Crippen LogP contribution in [0.3, 0.4) is 0 Å². The van der Waals surface area contributed by atoms with Crippen LogP contribution in [0.1, 0.15) is 0 Å². The summed E-state index contributed by atoms with van der Waals surface area (Å²) in [5.41, 5.74) is 2.00. The number of non-ortho nitro benzene ring substituents is 1. The van der Waals surface area contributed by atoms with Crippen LogP contribution in [0.5, 0.6) is 5.75 Å². The molecule has 0 saturated heterocycles. The third-order valence-corrected chi connectivity index (χ3v) is 5.52. The number of methoxy groups -OCH3 is 1. The number of carbonyl (C=O) groups excluding carboxylic acids is 1. The molecule has 1 aromatic heterocycles. The van der Waals surface area contributed by atoms with Crippen molar-refractivity contribution in [3.05, 3.63) is 82.7 Å². The third kappa shape index (κ3) is 4.40. The van der Waals surface area contributed by atoms with E-state index in [4.69, 9.17) is 4.74 Å². The number of nitrogens with one attached hydrogen (secondary N) is 1. The minimum Gasteiger partial charge on any atom is -0.495 e. The second-order valence-electron chi connectivity index (χ2n) is 6.68. The minimum absolute atomic E-state index is 0.00290. The standard InChI is InChI=1S/C22H17FN4O4S/c1-31-20-8-3-2-7-19(20)26-18-10-9-16(27(29)30)12-17(18)25-22(26)32-13-21(28)24-15-6-4-5-14(23)11-15/h2-12H,13H2,1H3,(H,24,28). The third-order valence-electron chi connectivity index (χ3n) is 4.58. The van der Waals surface area contributed by atoms with Gasteiger partial charge in [-0.2, -0.15) is 0 Å². The van der Waals surface area contributed by atoms with Crippen LogP contribution < -0.4 is 10.1 Å². The van der Waals surface area contributed by atoms with E-state index in [0.717, 1.165) is 11.8 Å². The van der Waals surface area contributed by atoms with Crippen molar-refractivity contribution in [2.75, 3.05) is 18.2 Å². The highest BCUT2D eigenvalue weighted by molar-refractivity contribution is 7.99. The Hall–Kier alpha value is -3.92. The summed E-state index contributed by atoms with van der Waals surface area (Å²) in [7, 11) is 1.54. The van der Waals surface area contributed by atoms with Gasteiger partial charge in [-0.1, -0.05) is 30.0 Å². The minimum atomic E-state index is -0.485. The largest absolute Gasteiger partial charge is 0.495 e. The molecule has 1 amide bonds. The summed E-state index contributed by atoms with van der Waals surface area (Å²) in [5.74, 6) is -0.215. The highest BCUT2D eigenvalue weighted by atomic mass is 32.2. The zero-order chi connectivity index (χ0) is 22.7. The van der Waals surface area contributed by atoms with Crippen molar-refractivity contribution in [3.8, 4) is 11.4 Å². The Labute approximate surface area is 186 Å². The molecule has 0 bridgehead atoms. The van der Waals surface area contributed by atoms with Gasteiger partial charge in [0.2, 0.25) is 5.91 Å². The van der Waals surface area contributed by atoms with E-state index in [1.165, 1.54) is 30.3 Å². The molecule has 3 aromatic carbocycles. The van der Waals surface area contributed by atoms with Crippen LogP contribution in [0.15, 0.2) is 71.9 Å². The molecule has 0 atom stereocenters. The van der Waals surface area contributed by atoms with Gasteiger partial charge < -0.3 is 10.1 Å². The quantitative estimate of drug-likeness (QED) is 0.245. The Bertz CT molecular complexity index is 1320. The zero-order valence-corrected chi connectivity index (χ0v) is 17.6. The first-order valence-electron chi connectivity index (χ1n) is 9.45. The van der Waals surface area contributed by atoms with Gasteiger partial charge in [0.1, 0.15) is 11.6 Å². The summed E-state index contributed by atoms with van der Waals surface area (Å²) in [5, 5.41) is 14.3. The molecular weight excluding hydrogens is 435 g/mol. The van der Waals surface area contributed by atoms with Gasteiger partial charge in [-0.3, -0.25) is 19.5 Å². The van der Waals surface area contributed by atoms with E-state index in [0.29, 0.717) is 33.3 Å². The number of ether oxygens (including phenoxy) is 1. The SMILES string of the molecule is COc1ccccc1-n1c(SCC(=O)Nc2cccc(F)c2)nc2cc([N+](=O)[O-])ccc21. The maximum atomic E-state index is 13.4. The lowest BCUT2D eigenvalue weighted by molar-refractivity contribution is -0.384. The van der Waals surface area contributed by atoms with E-state index in [1.807, 2.05) is 18.2 Å². The number of hydrogen-bond acceptors (Lipinski definition) is 6. The Morgan fingerprint density at radius 2 is 2.00 bits per heavy atom. The molecule has 0 spiro atoms. The van der Waals surface area contributed by atoms with Gasteiger partial charge in [0, 0.05) is 17.8 Å². The van der Waals surface area contributed by atoms with Gasteiger partial charge in [-0.25, -0.2) is 9.37 Å². The molecular formula is C22H17FN4O4S. The molecule has 1 heterocycles. The number of nitro groups is 1. The van der Waals surface area contributed by atoms with E-state index in [2.05, 4.69) is 10.3 Å². The van der Waals surface area contributed by atoms with Crippen molar-refractivity contribution in [2.24, 2.45) is 0 Å². The molecule has 0 saturated carbocycles. The Morgan fingerprint density at radius 3 is 2.75 bits per heavy atom. The summed E-state index contributed by atoms with van der Waals surface area (Å²) < 4.78 is 20.6. The van der Waals surface area contributed by atoms with Gasteiger partial charge in [0.15, 0.2) is 5.16 Å². The number of aromatic nitrogens is 2. The molecule has 162 valence electrons. The summed E-state index contributed by atoms with van der Waals surface area (Å²) >= 11 is 1.15. The number of amides is 1. The number of imidazole rings is 1. The first-order chi connectivity index (χ1) is 15.5. The van der Waals surface area contributed by atoms with Crippen molar-refractivity contribution >= 4 is 40.1 Å². The summed E-state index contributed by atoms with van der Waals surface area (Å²) in [6, 6.07) is 17.3. The molecule has 4 aromatic rings. The number of nitro benzene ring substituents is 1. The molecule has 1 N–H and O–H groups in total. The lowest BCUT2D eigenvalue weighted by Crippen LogP contribution is -2.14. The van der Waals surface area contributed by atoms with Crippen LogP contribution in [0.25, 0.3) is 16.7 Å². The molecule has 0 aliphatic rings. The number of benzene rings is 3. The van der Waals surface area contributed by atoms with E-state index < -0.39 is 10.7 Å². The number of carbonyl (C=O) groups is 1. The number of halogens is 1. The Kier molecular flexibility index (Phi) is 6.04. The fourth-order valence-corrected chi connectivity index (χ4v) is 4.02. The van der Waals surface area contributed by atoms with Crippen molar-refractivity contribution in [2.45, 2.75) is 5.16 Å². The average molecular weight is 452 g/mol. The van der Waals surface area contributed by atoms with Crippen LogP contribution in [0.4, 0.5) is 15.8 Å². The number of fused-ring (bicyclic) bond motifs is 1. The van der Waals surface area contributed by atoms with E-state index >= 15 is 0 Å².